The summed E-state index contributed by atoms with van der Waals surface area (Å²) in [4.78, 5) is 14.6. The lowest BCUT2D eigenvalue weighted by molar-refractivity contribution is -0.136. The number of piperazine rings is 1. The molecule has 5 nitrogen and oxygen atoms in total. The second-order valence-corrected chi connectivity index (χ2v) is 6.07. The summed E-state index contributed by atoms with van der Waals surface area (Å²) in [5, 5.41) is 3.38. The lowest BCUT2D eigenvalue weighted by Gasteiger charge is -2.36. The molecule has 25 heavy (non-hydrogen) atoms. The minimum Gasteiger partial charge on any atom is -0.493 e. The molecule has 3 rings (SSSR count). The Hall–Kier alpha value is -2.53. The van der Waals surface area contributed by atoms with Crippen LogP contribution in [0, 0.1) is 0 Å². The van der Waals surface area contributed by atoms with Gasteiger partial charge in [-0.1, -0.05) is 42.5 Å². The van der Waals surface area contributed by atoms with Crippen LogP contribution in [0.3, 0.4) is 0 Å². The van der Waals surface area contributed by atoms with Gasteiger partial charge in [-0.15, -0.1) is 0 Å². The second-order valence-electron chi connectivity index (χ2n) is 6.07. The highest BCUT2D eigenvalue weighted by molar-refractivity contribution is 5.78. The first kappa shape index (κ1) is 17.3. The number of hydrogen-bond donors (Lipinski definition) is 1. The largest absolute Gasteiger partial charge is 0.493 e. The Bertz CT molecular complexity index is 690. The molecule has 1 unspecified atom stereocenters. The predicted octanol–water partition coefficient (Wildman–Crippen LogP) is 2.12. The summed E-state index contributed by atoms with van der Waals surface area (Å²) in [6.07, 6.45) is 0.842. The van der Waals surface area contributed by atoms with Gasteiger partial charge in [-0.25, -0.2) is 0 Å². The van der Waals surface area contributed by atoms with Crippen LogP contribution in [0.5, 0.6) is 11.5 Å². The fourth-order valence-corrected chi connectivity index (χ4v) is 3.12. The molecule has 0 radical (unpaired) electrons. The summed E-state index contributed by atoms with van der Waals surface area (Å²) in [6.45, 7) is 2.33. The highest BCUT2D eigenvalue weighted by Gasteiger charge is 2.27. The van der Waals surface area contributed by atoms with Crippen molar-refractivity contribution in [1.29, 1.82) is 0 Å². The molecule has 1 amide bonds. The van der Waals surface area contributed by atoms with E-state index in [1.807, 2.05) is 47.4 Å². The smallest absolute Gasteiger partial charge is 0.260 e. The lowest BCUT2D eigenvalue weighted by atomic mass is 10.0. The Morgan fingerprint density at radius 1 is 1.12 bits per heavy atom. The molecule has 0 aliphatic carbocycles. The number of para-hydroxylation sites is 2. The molecule has 0 spiro atoms. The van der Waals surface area contributed by atoms with Gasteiger partial charge in [-0.3, -0.25) is 4.79 Å². The predicted molar refractivity (Wildman–Crippen MR) is 97.0 cm³/mol. The van der Waals surface area contributed by atoms with Crippen LogP contribution in [0.25, 0.3) is 0 Å². The number of nitrogens with one attached hydrogen (secondary N) is 1. The van der Waals surface area contributed by atoms with Crippen LogP contribution in [0.1, 0.15) is 5.56 Å². The van der Waals surface area contributed by atoms with Crippen LogP contribution in [0.2, 0.25) is 0 Å². The Morgan fingerprint density at radius 3 is 2.60 bits per heavy atom. The molecule has 132 valence electrons. The molecular weight excluding hydrogens is 316 g/mol. The van der Waals surface area contributed by atoms with Gasteiger partial charge >= 0.3 is 0 Å². The second kappa shape index (κ2) is 8.53. The van der Waals surface area contributed by atoms with Crippen LogP contribution in [0.15, 0.2) is 54.6 Å². The zero-order valence-electron chi connectivity index (χ0n) is 14.5. The number of amides is 1. The third kappa shape index (κ3) is 4.51. The van der Waals surface area contributed by atoms with E-state index in [4.69, 9.17) is 9.47 Å². The third-order valence-electron chi connectivity index (χ3n) is 4.40. The van der Waals surface area contributed by atoms with Gasteiger partial charge in [0, 0.05) is 25.7 Å². The number of rotatable bonds is 6. The van der Waals surface area contributed by atoms with Gasteiger partial charge in [-0.2, -0.15) is 0 Å². The average Bonchev–Trinajstić information content (AvgIpc) is 2.67. The average molecular weight is 340 g/mol. The fraction of sp³-hybridized carbons (Fsp3) is 0.350. The van der Waals surface area contributed by atoms with Crippen molar-refractivity contribution in [1.82, 2.24) is 10.2 Å². The first-order valence-corrected chi connectivity index (χ1v) is 8.58. The van der Waals surface area contributed by atoms with Crippen LogP contribution >= 0.6 is 0 Å². The molecule has 0 bridgehead atoms. The van der Waals surface area contributed by atoms with Crippen molar-refractivity contribution >= 4 is 5.91 Å². The van der Waals surface area contributed by atoms with E-state index in [0.717, 1.165) is 19.5 Å². The molecule has 2 aromatic carbocycles. The van der Waals surface area contributed by atoms with Crippen LogP contribution in [0.4, 0.5) is 0 Å². The van der Waals surface area contributed by atoms with Gasteiger partial charge in [-0.05, 0) is 24.1 Å². The van der Waals surface area contributed by atoms with E-state index in [1.54, 1.807) is 7.11 Å². The molecule has 1 atom stereocenters. The van der Waals surface area contributed by atoms with E-state index in [2.05, 4.69) is 17.4 Å². The molecule has 5 heteroatoms. The normalized spacial score (nSPS) is 17.2. The maximum Gasteiger partial charge on any atom is 0.260 e. The summed E-state index contributed by atoms with van der Waals surface area (Å²) in [6, 6.07) is 17.8. The number of carbonyl (C=O) groups is 1. The van der Waals surface area contributed by atoms with Gasteiger partial charge in [0.2, 0.25) is 0 Å². The highest BCUT2D eigenvalue weighted by Crippen LogP contribution is 2.25. The van der Waals surface area contributed by atoms with E-state index in [9.17, 15) is 4.79 Å². The van der Waals surface area contributed by atoms with Crippen molar-refractivity contribution in [3.05, 3.63) is 60.2 Å². The Kier molecular flexibility index (Phi) is 5.90. The summed E-state index contributed by atoms with van der Waals surface area (Å²) < 4.78 is 11.0. The molecule has 0 saturated carbocycles. The van der Waals surface area contributed by atoms with Gasteiger partial charge in [0.1, 0.15) is 0 Å². The van der Waals surface area contributed by atoms with Crippen LogP contribution < -0.4 is 14.8 Å². The zero-order chi connectivity index (χ0) is 17.5. The van der Waals surface area contributed by atoms with Crippen molar-refractivity contribution in [3.8, 4) is 11.5 Å². The molecule has 2 aromatic rings. The van der Waals surface area contributed by atoms with E-state index in [0.29, 0.717) is 18.0 Å². The minimum absolute atomic E-state index is 0.00772. The van der Waals surface area contributed by atoms with Crippen molar-refractivity contribution in [2.75, 3.05) is 33.4 Å². The van der Waals surface area contributed by atoms with Crippen molar-refractivity contribution in [2.24, 2.45) is 0 Å². The Balaban J connectivity index is 1.62. The first-order valence-electron chi connectivity index (χ1n) is 8.58. The lowest BCUT2D eigenvalue weighted by Crippen LogP contribution is -2.55. The van der Waals surface area contributed by atoms with Crippen molar-refractivity contribution < 1.29 is 14.3 Å². The highest BCUT2D eigenvalue weighted by atomic mass is 16.5. The maximum absolute atomic E-state index is 12.7. The van der Waals surface area contributed by atoms with E-state index >= 15 is 0 Å². The molecule has 1 aliphatic rings. The molecule has 1 saturated heterocycles. The van der Waals surface area contributed by atoms with Crippen molar-refractivity contribution in [2.45, 2.75) is 12.5 Å². The summed E-state index contributed by atoms with van der Waals surface area (Å²) in [5.41, 5.74) is 1.24. The molecule has 0 aromatic heterocycles. The van der Waals surface area contributed by atoms with Gasteiger partial charge in [0.05, 0.1) is 7.11 Å². The fourth-order valence-electron chi connectivity index (χ4n) is 3.12. The summed E-state index contributed by atoms with van der Waals surface area (Å²) >= 11 is 0. The minimum atomic E-state index is 0.00772. The van der Waals surface area contributed by atoms with Crippen LogP contribution in [-0.4, -0.2) is 50.2 Å². The van der Waals surface area contributed by atoms with Crippen LogP contribution in [-0.2, 0) is 11.2 Å². The molecule has 1 heterocycles. The van der Waals surface area contributed by atoms with Gasteiger partial charge in [0.25, 0.3) is 5.91 Å². The molecule has 1 N–H and O–H groups in total. The zero-order valence-corrected chi connectivity index (χ0v) is 14.5. The SMILES string of the molecule is COc1ccccc1OCC(=O)N1CCNCC1Cc1ccccc1. The number of nitrogens with zero attached hydrogens (tertiary/aromatic N) is 1. The number of benzene rings is 2. The van der Waals surface area contributed by atoms with E-state index in [1.165, 1.54) is 5.56 Å². The summed E-state index contributed by atoms with van der Waals surface area (Å²) in [7, 11) is 1.59. The Labute approximate surface area is 148 Å². The topological polar surface area (TPSA) is 50.8 Å². The number of ether oxygens (including phenoxy) is 2. The van der Waals surface area contributed by atoms with E-state index < -0.39 is 0 Å². The van der Waals surface area contributed by atoms with Crippen molar-refractivity contribution in [3.63, 3.8) is 0 Å². The third-order valence-corrected chi connectivity index (χ3v) is 4.40. The Morgan fingerprint density at radius 2 is 1.84 bits per heavy atom. The molecular formula is C20H24N2O3. The summed E-state index contributed by atoms with van der Waals surface area (Å²) in [5.74, 6) is 1.23. The number of carbonyl (C=O) groups excluding carboxylic acids is 1. The first-order chi connectivity index (χ1) is 12.3. The molecule has 1 fully saturated rings. The molecule has 1 aliphatic heterocycles. The van der Waals surface area contributed by atoms with E-state index in [-0.39, 0.29) is 18.6 Å². The standard InChI is InChI=1S/C20H24N2O3/c1-24-18-9-5-6-10-19(18)25-15-20(23)22-12-11-21-14-17(22)13-16-7-3-2-4-8-16/h2-10,17,21H,11-15H2,1H3. The monoisotopic (exact) mass is 340 g/mol. The number of hydrogen-bond acceptors (Lipinski definition) is 4. The van der Waals surface area contributed by atoms with Gasteiger partial charge < -0.3 is 19.7 Å². The maximum atomic E-state index is 12.7. The van der Waals surface area contributed by atoms with Gasteiger partial charge in [0.15, 0.2) is 18.1 Å². The quantitative estimate of drug-likeness (QED) is 0.875. The number of methoxy groups -OCH3 is 1.